The fourth-order valence-corrected chi connectivity index (χ4v) is 1.99. The minimum atomic E-state index is -4.28. The largest absolute Gasteiger partial charge is 0.416 e. The van der Waals surface area contributed by atoms with E-state index >= 15 is 0 Å². The van der Waals surface area contributed by atoms with Crippen LogP contribution < -0.4 is 5.32 Å². The summed E-state index contributed by atoms with van der Waals surface area (Å²) in [4.78, 5) is 0. The first-order valence-corrected chi connectivity index (χ1v) is 6.69. The number of halogens is 3. The predicted molar refractivity (Wildman–Crippen MR) is 71.9 cm³/mol. The lowest BCUT2D eigenvalue weighted by atomic mass is 9.98. The van der Waals surface area contributed by atoms with Gasteiger partial charge in [0.15, 0.2) is 0 Å². The zero-order chi connectivity index (χ0) is 14.6. The van der Waals surface area contributed by atoms with Gasteiger partial charge in [-0.15, -0.1) is 0 Å². The monoisotopic (exact) mass is 273 g/mol. The second-order valence-electron chi connectivity index (χ2n) is 5.19. The van der Waals surface area contributed by atoms with Gasteiger partial charge >= 0.3 is 6.18 Å². The van der Waals surface area contributed by atoms with Crippen molar-refractivity contribution in [3.8, 4) is 0 Å². The highest BCUT2D eigenvalue weighted by molar-refractivity contribution is 5.27. The molecule has 0 saturated carbocycles. The minimum Gasteiger partial charge on any atom is -0.307 e. The molecule has 0 amide bonds. The van der Waals surface area contributed by atoms with Gasteiger partial charge in [0.2, 0.25) is 0 Å². The normalized spacial score (nSPS) is 17.0. The summed E-state index contributed by atoms with van der Waals surface area (Å²) in [6.45, 7) is 8.21. The Balaban J connectivity index is 2.80. The van der Waals surface area contributed by atoms with Crippen LogP contribution in [0.15, 0.2) is 24.3 Å². The van der Waals surface area contributed by atoms with Crippen molar-refractivity contribution in [2.24, 2.45) is 5.92 Å². The van der Waals surface area contributed by atoms with E-state index in [2.05, 4.69) is 26.1 Å². The maximum atomic E-state index is 12.7. The van der Waals surface area contributed by atoms with Crippen LogP contribution in [0.3, 0.4) is 0 Å². The molecule has 0 fully saturated rings. The molecule has 0 aromatic heterocycles. The smallest absolute Gasteiger partial charge is 0.307 e. The van der Waals surface area contributed by atoms with E-state index in [4.69, 9.17) is 0 Å². The van der Waals surface area contributed by atoms with E-state index in [1.54, 1.807) is 6.07 Å². The first kappa shape index (κ1) is 16.0. The molecular formula is C15H22F3N. The fraction of sp³-hybridized carbons (Fsp3) is 0.600. The van der Waals surface area contributed by atoms with Gasteiger partial charge < -0.3 is 5.32 Å². The predicted octanol–water partition coefficient (Wildman–Crippen LogP) is 4.79. The SMILES string of the molecule is CCC(C)C(C)NC(C)c1cccc(C(F)(F)F)c1. The van der Waals surface area contributed by atoms with Crippen LogP contribution in [0.5, 0.6) is 0 Å². The van der Waals surface area contributed by atoms with E-state index in [0.717, 1.165) is 12.5 Å². The minimum absolute atomic E-state index is 0.0914. The molecule has 3 atom stereocenters. The van der Waals surface area contributed by atoms with Gasteiger partial charge in [-0.05, 0) is 37.5 Å². The molecule has 0 heterocycles. The average molecular weight is 273 g/mol. The van der Waals surface area contributed by atoms with Crippen molar-refractivity contribution >= 4 is 0 Å². The first-order chi connectivity index (χ1) is 8.75. The van der Waals surface area contributed by atoms with E-state index in [1.165, 1.54) is 12.1 Å². The number of benzene rings is 1. The Labute approximate surface area is 113 Å². The Bertz CT molecular complexity index is 401. The van der Waals surface area contributed by atoms with E-state index in [-0.39, 0.29) is 12.1 Å². The molecule has 1 rings (SSSR count). The maximum absolute atomic E-state index is 12.7. The molecule has 0 aliphatic heterocycles. The zero-order valence-electron chi connectivity index (χ0n) is 11.9. The first-order valence-electron chi connectivity index (χ1n) is 6.69. The van der Waals surface area contributed by atoms with Crippen molar-refractivity contribution in [3.05, 3.63) is 35.4 Å². The summed E-state index contributed by atoms with van der Waals surface area (Å²) in [7, 11) is 0. The van der Waals surface area contributed by atoms with Crippen LogP contribution in [0, 0.1) is 5.92 Å². The molecule has 0 aliphatic carbocycles. The van der Waals surface area contributed by atoms with Crippen LogP contribution in [-0.4, -0.2) is 6.04 Å². The van der Waals surface area contributed by atoms with Gasteiger partial charge in [0.05, 0.1) is 5.56 Å². The van der Waals surface area contributed by atoms with Crippen LogP contribution in [0.1, 0.15) is 51.3 Å². The summed E-state index contributed by atoms with van der Waals surface area (Å²) in [6.07, 6.45) is -3.23. The zero-order valence-corrected chi connectivity index (χ0v) is 11.9. The molecular weight excluding hydrogens is 251 g/mol. The Hall–Kier alpha value is -1.03. The topological polar surface area (TPSA) is 12.0 Å². The molecule has 0 aliphatic rings. The van der Waals surface area contributed by atoms with Crippen LogP contribution >= 0.6 is 0 Å². The van der Waals surface area contributed by atoms with E-state index in [0.29, 0.717) is 11.5 Å². The Morgan fingerprint density at radius 2 is 1.79 bits per heavy atom. The summed E-state index contributed by atoms with van der Waals surface area (Å²) in [5.41, 5.74) is 0.0832. The molecule has 4 heteroatoms. The highest BCUT2D eigenvalue weighted by Crippen LogP contribution is 2.30. The van der Waals surface area contributed by atoms with Gasteiger partial charge in [-0.2, -0.15) is 13.2 Å². The summed E-state index contributed by atoms with van der Waals surface area (Å²) < 4.78 is 38.0. The molecule has 1 aromatic carbocycles. The number of hydrogen-bond acceptors (Lipinski definition) is 1. The van der Waals surface area contributed by atoms with E-state index < -0.39 is 11.7 Å². The number of nitrogens with one attached hydrogen (secondary N) is 1. The lowest BCUT2D eigenvalue weighted by Gasteiger charge is -2.25. The molecule has 19 heavy (non-hydrogen) atoms. The summed E-state index contributed by atoms with van der Waals surface area (Å²) in [5.74, 6) is 0.494. The molecule has 0 saturated heterocycles. The number of rotatable bonds is 5. The van der Waals surface area contributed by atoms with Crippen LogP contribution in [0.25, 0.3) is 0 Å². The van der Waals surface area contributed by atoms with Crippen molar-refractivity contribution in [3.63, 3.8) is 0 Å². The Morgan fingerprint density at radius 1 is 1.16 bits per heavy atom. The second-order valence-corrected chi connectivity index (χ2v) is 5.19. The van der Waals surface area contributed by atoms with Crippen molar-refractivity contribution in [2.75, 3.05) is 0 Å². The number of alkyl halides is 3. The van der Waals surface area contributed by atoms with Crippen LogP contribution in [-0.2, 0) is 6.18 Å². The summed E-state index contributed by atoms with van der Waals surface area (Å²) >= 11 is 0. The molecule has 1 N–H and O–H groups in total. The van der Waals surface area contributed by atoms with Crippen molar-refractivity contribution < 1.29 is 13.2 Å². The molecule has 0 radical (unpaired) electrons. The standard InChI is InChI=1S/C15H22F3N/c1-5-10(2)11(3)19-12(4)13-7-6-8-14(9-13)15(16,17)18/h6-12,19H,5H2,1-4H3. The average Bonchev–Trinajstić information content (AvgIpc) is 2.36. The maximum Gasteiger partial charge on any atom is 0.416 e. The second kappa shape index (κ2) is 6.42. The Morgan fingerprint density at radius 3 is 2.32 bits per heavy atom. The molecule has 0 bridgehead atoms. The molecule has 3 unspecified atom stereocenters. The third kappa shape index (κ3) is 4.53. The summed E-state index contributed by atoms with van der Waals surface area (Å²) in [5, 5.41) is 3.36. The molecule has 1 nitrogen and oxygen atoms in total. The third-order valence-corrected chi connectivity index (χ3v) is 3.72. The highest BCUT2D eigenvalue weighted by Gasteiger charge is 2.30. The molecule has 0 spiro atoms. The van der Waals surface area contributed by atoms with Crippen molar-refractivity contribution in [1.82, 2.24) is 5.32 Å². The summed E-state index contributed by atoms with van der Waals surface area (Å²) in [6, 6.07) is 5.70. The van der Waals surface area contributed by atoms with Gasteiger partial charge in [-0.3, -0.25) is 0 Å². The van der Waals surface area contributed by atoms with Crippen molar-refractivity contribution in [1.29, 1.82) is 0 Å². The van der Waals surface area contributed by atoms with E-state index in [1.807, 2.05) is 6.92 Å². The number of hydrogen-bond donors (Lipinski definition) is 1. The fourth-order valence-electron chi connectivity index (χ4n) is 1.99. The quantitative estimate of drug-likeness (QED) is 0.813. The lowest BCUT2D eigenvalue weighted by Crippen LogP contribution is -2.34. The van der Waals surface area contributed by atoms with Gasteiger partial charge in [-0.1, -0.05) is 32.4 Å². The molecule has 1 aromatic rings. The van der Waals surface area contributed by atoms with Crippen LogP contribution in [0.2, 0.25) is 0 Å². The van der Waals surface area contributed by atoms with Crippen LogP contribution in [0.4, 0.5) is 13.2 Å². The van der Waals surface area contributed by atoms with E-state index in [9.17, 15) is 13.2 Å². The van der Waals surface area contributed by atoms with Crippen molar-refractivity contribution in [2.45, 2.75) is 52.4 Å². The molecule has 108 valence electrons. The van der Waals surface area contributed by atoms with Gasteiger partial charge in [-0.25, -0.2) is 0 Å². The van der Waals surface area contributed by atoms with Gasteiger partial charge in [0.1, 0.15) is 0 Å². The third-order valence-electron chi connectivity index (χ3n) is 3.72. The highest BCUT2D eigenvalue weighted by atomic mass is 19.4. The Kier molecular flexibility index (Phi) is 5.41. The van der Waals surface area contributed by atoms with Gasteiger partial charge in [0, 0.05) is 12.1 Å². The van der Waals surface area contributed by atoms with Gasteiger partial charge in [0.25, 0.3) is 0 Å². The lowest BCUT2D eigenvalue weighted by molar-refractivity contribution is -0.137.